The summed E-state index contributed by atoms with van der Waals surface area (Å²) in [4.78, 5) is 70.3. The highest BCUT2D eigenvalue weighted by Crippen LogP contribution is 2.38. The molecule has 8 rings (SSSR count). The molecule has 0 radical (unpaired) electrons. The highest BCUT2D eigenvalue weighted by Gasteiger charge is 2.44. The van der Waals surface area contributed by atoms with Crippen molar-refractivity contribution in [3.05, 3.63) is 100 Å². The minimum atomic E-state index is -4.59. The number of halogens is 3. The number of aliphatic hydroxyl groups excluding tert-OH is 2. The maximum atomic E-state index is 14.0. The molecule has 21 heteroatoms. The molecule has 418 valence electrons. The number of piperazine rings is 1. The molecule has 2 saturated heterocycles. The Morgan fingerprint density at radius 2 is 1.58 bits per heavy atom. The van der Waals surface area contributed by atoms with Crippen LogP contribution in [-0.4, -0.2) is 154 Å². The number of β-amino-alcohol motifs (C(OH)–C–C–N with tert-alkyl or cyclic N) is 1. The van der Waals surface area contributed by atoms with Gasteiger partial charge >= 0.3 is 6.18 Å². The van der Waals surface area contributed by atoms with Crippen LogP contribution in [0.4, 0.5) is 19.1 Å². The van der Waals surface area contributed by atoms with Crippen LogP contribution in [0.5, 0.6) is 0 Å². The zero-order valence-corrected chi connectivity index (χ0v) is 44.4. The number of likely N-dealkylation sites (tertiary alicyclic amines) is 1. The van der Waals surface area contributed by atoms with Crippen molar-refractivity contribution in [3.8, 4) is 10.4 Å². The van der Waals surface area contributed by atoms with Gasteiger partial charge in [0.15, 0.2) is 0 Å². The third kappa shape index (κ3) is 15.3. The molecule has 3 fully saturated rings. The SMILES string of the molecule is C.Cc1ncsc1-c1ccc(CNC(=O)[C@@H]2C[C@@H](O)CN2C(=O)[C@@H](NC(=O)COCCOCCN2CCN(Cc3ccc4c(c3)nc(NC(=O)c3cccc(C(F)(F)F)c3)n4C3CCC(CO)CC3)CC2)C(C)(C)C)cc1. The normalized spacial score (nSPS) is 19.9. The smallest absolute Gasteiger partial charge is 0.396 e. The van der Waals surface area contributed by atoms with Crippen molar-refractivity contribution in [2.24, 2.45) is 11.3 Å². The highest BCUT2D eigenvalue weighted by atomic mass is 32.1. The molecule has 3 atom stereocenters. The van der Waals surface area contributed by atoms with Gasteiger partial charge in [-0.3, -0.25) is 34.3 Å². The molecule has 3 aromatic carbocycles. The van der Waals surface area contributed by atoms with E-state index in [-0.39, 0.29) is 82.7 Å². The monoisotopic (exact) mass is 1090 g/mol. The molecule has 0 unspecified atom stereocenters. The van der Waals surface area contributed by atoms with Crippen LogP contribution in [-0.2, 0) is 43.1 Å². The molecule has 4 amide bonds. The average Bonchev–Trinajstić information content (AvgIpc) is 4.15. The molecular formula is C56H74F3N9O8S. The number of carbonyl (C=O) groups is 4. The number of aryl methyl sites for hydroxylation is 1. The number of ether oxygens (including phenoxy) is 2. The molecule has 1 saturated carbocycles. The molecular weight excluding hydrogens is 1020 g/mol. The molecule has 77 heavy (non-hydrogen) atoms. The number of aromatic nitrogens is 3. The number of fused-ring (bicyclic) bond motifs is 1. The highest BCUT2D eigenvalue weighted by molar-refractivity contribution is 7.13. The topological polar surface area (TPSA) is 204 Å². The summed E-state index contributed by atoms with van der Waals surface area (Å²) in [6.07, 6.45) is -2.24. The first-order valence-electron chi connectivity index (χ1n) is 26.1. The number of hydrogen-bond acceptors (Lipinski definition) is 13. The molecule has 2 aromatic heterocycles. The number of nitrogens with one attached hydrogen (secondary N) is 3. The Morgan fingerprint density at radius 1 is 0.883 bits per heavy atom. The van der Waals surface area contributed by atoms with E-state index in [1.165, 1.54) is 17.0 Å². The van der Waals surface area contributed by atoms with Crippen molar-refractivity contribution in [2.45, 2.75) is 111 Å². The number of rotatable bonds is 20. The van der Waals surface area contributed by atoms with Crippen LogP contribution in [0, 0.1) is 18.3 Å². The van der Waals surface area contributed by atoms with E-state index in [1.54, 1.807) is 16.8 Å². The first-order chi connectivity index (χ1) is 36.3. The van der Waals surface area contributed by atoms with Crippen molar-refractivity contribution in [3.63, 3.8) is 0 Å². The summed E-state index contributed by atoms with van der Waals surface area (Å²) < 4.78 is 53.9. The third-order valence-electron chi connectivity index (χ3n) is 14.6. The van der Waals surface area contributed by atoms with Crippen LogP contribution < -0.4 is 16.0 Å². The van der Waals surface area contributed by atoms with Gasteiger partial charge in [-0.15, -0.1) is 11.3 Å². The quantitative estimate of drug-likeness (QED) is 0.0498. The zero-order chi connectivity index (χ0) is 54.1. The predicted octanol–water partition coefficient (Wildman–Crippen LogP) is 7.06. The van der Waals surface area contributed by atoms with E-state index in [0.29, 0.717) is 25.2 Å². The Balaban J connectivity index is 0.00000861. The van der Waals surface area contributed by atoms with Crippen LogP contribution in [0.25, 0.3) is 21.5 Å². The maximum absolute atomic E-state index is 14.0. The number of alkyl halides is 3. The number of benzene rings is 3. The second-order valence-corrected chi connectivity index (χ2v) is 22.1. The van der Waals surface area contributed by atoms with Gasteiger partial charge in [0.2, 0.25) is 23.7 Å². The minimum Gasteiger partial charge on any atom is -0.396 e. The molecule has 0 spiro atoms. The lowest BCUT2D eigenvalue weighted by Gasteiger charge is -2.35. The second kappa shape index (κ2) is 26.2. The molecule has 5 N–H and O–H groups in total. The molecule has 0 bridgehead atoms. The van der Waals surface area contributed by atoms with Gasteiger partial charge in [-0.25, -0.2) is 9.97 Å². The fourth-order valence-corrected chi connectivity index (χ4v) is 11.1. The first-order valence-corrected chi connectivity index (χ1v) is 27.0. The first kappa shape index (κ1) is 58.9. The largest absolute Gasteiger partial charge is 0.416 e. The second-order valence-electron chi connectivity index (χ2n) is 21.2. The summed E-state index contributed by atoms with van der Waals surface area (Å²) in [5.74, 6) is -1.51. The van der Waals surface area contributed by atoms with Crippen molar-refractivity contribution < 1.29 is 52.0 Å². The number of aliphatic hydroxyl groups is 2. The van der Waals surface area contributed by atoms with Gasteiger partial charge in [0.1, 0.15) is 18.7 Å². The van der Waals surface area contributed by atoms with E-state index >= 15 is 0 Å². The zero-order valence-electron chi connectivity index (χ0n) is 43.6. The lowest BCUT2D eigenvalue weighted by atomic mass is 9.85. The van der Waals surface area contributed by atoms with Crippen molar-refractivity contribution in [1.82, 2.24) is 39.9 Å². The van der Waals surface area contributed by atoms with Gasteiger partial charge < -0.3 is 39.8 Å². The number of hydrogen-bond donors (Lipinski definition) is 5. The summed E-state index contributed by atoms with van der Waals surface area (Å²) in [5.41, 5.74) is 5.49. The van der Waals surface area contributed by atoms with E-state index in [9.17, 15) is 42.6 Å². The molecule has 3 aliphatic rings. The molecule has 2 aliphatic heterocycles. The molecule has 17 nitrogen and oxygen atoms in total. The predicted molar refractivity (Wildman–Crippen MR) is 289 cm³/mol. The number of nitrogens with zero attached hydrogens (tertiary/aromatic N) is 6. The van der Waals surface area contributed by atoms with Gasteiger partial charge in [0.05, 0.1) is 58.6 Å². The summed E-state index contributed by atoms with van der Waals surface area (Å²) in [6.45, 7) is 13.1. The van der Waals surface area contributed by atoms with Gasteiger partial charge in [0.25, 0.3) is 5.91 Å². The van der Waals surface area contributed by atoms with E-state index in [2.05, 4.69) is 36.8 Å². The fraction of sp³-hybridized carbons (Fsp3) is 0.536. The van der Waals surface area contributed by atoms with E-state index in [0.717, 1.165) is 96.8 Å². The Hall–Kier alpha value is -5.81. The minimum absolute atomic E-state index is 0. The van der Waals surface area contributed by atoms with E-state index < -0.39 is 53.1 Å². The van der Waals surface area contributed by atoms with Crippen molar-refractivity contribution in [2.75, 3.05) is 77.6 Å². The van der Waals surface area contributed by atoms with Crippen LogP contribution in [0.3, 0.4) is 0 Å². The average molecular weight is 1090 g/mol. The van der Waals surface area contributed by atoms with Crippen molar-refractivity contribution in [1.29, 1.82) is 0 Å². The van der Waals surface area contributed by atoms with Gasteiger partial charge in [-0.05, 0) is 91.0 Å². The standard InChI is InChI=1S/C55H70F3N9O8S.CH4/c1-35-48(76-34-60-35)39-13-8-36(9-14-39)29-59-51(72)46-28-43(69)31-66(46)52(73)49(54(2,3)4)62-47(70)33-75-25-24-74-23-22-64-18-20-65(21-19-64)30-38-12-17-45-44(26-38)61-53(67(45)42-15-10-37(32-68)11-16-42)63-50(71)40-6-5-7-41(27-40)55(56,57)58;/h5-9,12-14,17,26-27,34,37,42-43,46,49,68-69H,10-11,15-16,18-25,28-33H2,1-4H3,(H,59,72)(H,62,70)(H,61,63,71);1H4/t37?,42?,43-,46+,49-;/m1./s1. The Labute approximate surface area is 452 Å². The third-order valence-corrected chi connectivity index (χ3v) is 15.6. The summed E-state index contributed by atoms with van der Waals surface area (Å²) in [7, 11) is 0. The lowest BCUT2D eigenvalue weighted by Crippen LogP contribution is -2.58. The van der Waals surface area contributed by atoms with Crippen LogP contribution in [0.15, 0.2) is 72.2 Å². The van der Waals surface area contributed by atoms with Crippen molar-refractivity contribution >= 4 is 51.9 Å². The fourth-order valence-electron chi connectivity index (χ4n) is 10.3. The van der Waals surface area contributed by atoms with Gasteiger partial charge in [-0.1, -0.05) is 64.6 Å². The number of thiazole rings is 1. The number of amides is 4. The molecule has 1 aliphatic carbocycles. The number of anilines is 1. The van der Waals surface area contributed by atoms with Gasteiger partial charge in [0, 0.05) is 77.0 Å². The summed E-state index contributed by atoms with van der Waals surface area (Å²) in [5, 5.41) is 28.9. The van der Waals surface area contributed by atoms with Gasteiger partial charge in [-0.2, -0.15) is 13.2 Å². The number of carbonyl (C=O) groups excluding carboxylic acids is 4. The maximum Gasteiger partial charge on any atom is 0.416 e. The Bertz CT molecular complexity index is 2790. The summed E-state index contributed by atoms with van der Waals surface area (Å²) in [6, 6.07) is 16.4. The Morgan fingerprint density at radius 3 is 2.26 bits per heavy atom. The van der Waals surface area contributed by atoms with E-state index in [1.807, 2.05) is 68.7 Å². The lowest BCUT2D eigenvalue weighted by molar-refractivity contribution is -0.144. The van der Waals surface area contributed by atoms with Crippen LogP contribution >= 0.6 is 11.3 Å². The molecule has 4 heterocycles. The molecule has 5 aromatic rings. The van der Waals surface area contributed by atoms with Crippen LogP contribution in [0.1, 0.15) is 99.1 Å². The Kier molecular flexibility index (Phi) is 20.0. The summed E-state index contributed by atoms with van der Waals surface area (Å²) >= 11 is 1.56. The number of imidazole rings is 1. The van der Waals surface area contributed by atoms with E-state index in [4.69, 9.17) is 14.5 Å². The van der Waals surface area contributed by atoms with Crippen LogP contribution in [0.2, 0.25) is 0 Å².